The molecule has 0 aliphatic carbocycles. The summed E-state index contributed by atoms with van der Waals surface area (Å²) in [5, 5.41) is 16.9. The minimum absolute atomic E-state index is 0.127. The van der Waals surface area contributed by atoms with E-state index in [1.54, 1.807) is 0 Å². The van der Waals surface area contributed by atoms with Gasteiger partial charge in [0.15, 0.2) is 11.6 Å². The molecule has 1 saturated heterocycles. The summed E-state index contributed by atoms with van der Waals surface area (Å²) in [6.45, 7) is 7.70. The summed E-state index contributed by atoms with van der Waals surface area (Å²) in [5.41, 5.74) is 1.82. The van der Waals surface area contributed by atoms with Gasteiger partial charge in [-0.15, -0.1) is 0 Å². The third kappa shape index (κ3) is 7.16. The van der Waals surface area contributed by atoms with Crippen LogP contribution < -0.4 is 15.5 Å². The van der Waals surface area contributed by atoms with Crippen molar-refractivity contribution in [2.24, 2.45) is 0 Å². The molecule has 1 aliphatic heterocycles. The lowest BCUT2D eigenvalue weighted by molar-refractivity contribution is 0.0680. The van der Waals surface area contributed by atoms with Gasteiger partial charge in [0, 0.05) is 12.6 Å². The third-order valence-corrected chi connectivity index (χ3v) is 7.32. The molecule has 0 bridgehead atoms. The molecule has 2 aromatic heterocycles. The van der Waals surface area contributed by atoms with E-state index in [-0.39, 0.29) is 6.04 Å². The van der Waals surface area contributed by atoms with E-state index in [1.807, 2.05) is 32.0 Å². The van der Waals surface area contributed by atoms with Crippen molar-refractivity contribution in [1.29, 1.82) is 0 Å². The summed E-state index contributed by atoms with van der Waals surface area (Å²) in [5.74, 6) is 3.15. The molecule has 4 rings (SSSR count). The monoisotopic (exact) mass is 497 g/mol. The third-order valence-electron chi connectivity index (χ3n) is 6.04. The van der Waals surface area contributed by atoms with Crippen LogP contribution in [0.5, 0.6) is 0 Å². The van der Waals surface area contributed by atoms with E-state index in [4.69, 9.17) is 9.97 Å². The lowest BCUT2D eigenvalue weighted by atomic mass is 10.00. The number of fused-ring (bicyclic) bond motifs is 1. The number of nitrogens with zero attached hydrogens (tertiary/aromatic N) is 5. The molecular weight excluding hydrogens is 462 g/mol. The van der Waals surface area contributed by atoms with Gasteiger partial charge in [-0.3, -0.25) is 0 Å². The van der Waals surface area contributed by atoms with Crippen molar-refractivity contribution in [2.45, 2.75) is 58.2 Å². The summed E-state index contributed by atoms with van der Waals surface area (Å²) < 4.78 is 11.9. The highest BCUT2D eigenvalue weighted by Gasteiger charge is 2.25. The Hall–Kier alpha value is -2.69. The van der Waals surface area contributed by atoms with Crippen molar-refractivity contribution < 1.29 is 9.66 Å². The van der Waals surface area contributed by atoms with E-state index in [2.05, 4.69) is 44.6 Å². The maximum absolute atomic E-state index is 11.9. The van der Waals surface area contributed by atoms with Gasteiger partial charge in [0.2, 0.25) is 5.95 Å². The summed E-state index contributed by atoms with van der Waals surface area (Å²) in [6, 6.07) is 10.3. The predicted molar refractivity (Wildman–Crippen MR) is 142 cm³/mol. The van der Waals surface area contributed by atoms with Crippen LogP contribution in [0.4, 0.5) is 17.6 Å². The van der Waals surface area contributed by atoms with Gasteiger partial charge in [-0.2, -0.15) is 4.98 Å². The molecule has 1 fully saturated rings. The second-order valence-corrected chi connectivity index (χ2v) is 11.4. The van der Waals surface area contributed by atoms with Gasteiger partial charge >= 0.3 is 0 Å². The predicted octanol–water partition coefficient (Wildman–Crippen LogP) is 3.34. The minimum atomic E-state index is -0.789. The number of benzene rings is 1. The number of aromatic nitrogens is 4. The van der Waals surface area contributed by atoms with E-state index in [9.17, 15) is 9.66 Å². The zero-order valence-electron chi connectivity index (χ0n) is 20.7. The summed E-state index contributed by atoms with van der Waals surface area (Å²) >= 11 is -0.789. The molecule has 3 heterocycles. The highest BCUT2D eigenvalue weighted by Crippen LogP contribution is 2.29. The fourth-order valence-corrected chi connectivity index (χ4v) is 5.16. The van der Waals surface area contributed by atoms with Gasteiger partial charge in [-0.1, -0.05) is 41.5 Å². The molecule has 1 aromatic carbocycles. The highest BCUT2D eigenvalue weighted by molar-refractivity contribution is 7.91. The maximum atomic E-state index is 11.9. The van der Waals surface area contributed by atoms with Gasteiger partial charge in [0.1, 0.15) is 28.9 Å². The van der Waals surface area contributed by atoms with Crippen LogP contribution in [0.15, 0.2) is 36.7 Å². The van der Waals surface area contributed by atoms with E-state index < -0.39 is 16.8 Å². The van der Waals surface area contributed by atoms with Crippen molar-refractivity contribution in [2.75, 3.05) is 40.1 Å². The highest BCUT2D eigenvalue weighted by atomic mass is 32.2. The molecule has 1 unspecified atom stereocenters. The lowest BCUT2D eigenvalue weighted by Crippen LogP contribution is -2.41. The van der Waals surface area contributed by atoms with Crippen molar-refractivity contribution in [3.63, 3.8) is 0 Å². The lowest BCUT2D eigenvalue weighted by Gasteiger charge is -2.29. The Morgan fingerprint density at radius 2 is 1.86 bits per heavy atom. The first-order chi connectivity index (χ1) is 16.8. The summed E-state index contributed by atoms with van der Waals surface area (Å²) in [7, 11) is 0. The van der Waals surface area contributed by atoms with Crippen LogP contribution >= 0.6 is 0 Å². The molecule has 9 nitrogen and oxygen atoms in total. The summed E-state index contributed by atoms with van der Waals surface area (Å²) in [6.07, 6.45) is 4.04. The van der Waals surface area contributed by atoms with Crippen molar-refractivity contribution >= 4 is 39.8 Å². The normalized spacial score (nSPS) is 15.9. The van der Waals surface area contributed by atoms with Crippen LogP contribution in [0.2, 0.25) is 0 Å². The van der Waals surface area contributed by atoms with Gasteiger partial charge < -0.3 is 25.2 Å². The van der Waals surface area contributed by atoms with Crippen LogP contribution in [-0.4, -0.2) is 65.8 Å². The first kappa shape index (κ1) is 25.4. The fourth-order valence-electron chi connectivity index (χ4n) is 4.11. The Kier molecular flexibility index (Phi) is 8.25. The largest absolute Gasteiger partial charge is 0.616 e. The van der Waals surface area contributed by atoms with E-state index in [1.165, 1.54) is 6.33 Å². The van der Waals surface area contributed by atoms with Crippen LogP contribution in [0.1, 0.15) is 45.6 Å². The average Bonchev–Trinajstić information content (AvgIpc) is 2.82. The van der Waals surface area contributed by atoms with Crippen LogP contribution in [-0.2, 0) is 17.7 Å². The van der Waals surface area contributed by atoms with E-state index in [0.717, 1.165) is 30.6 Å². The number of nitrogens with one attached hydrogen (secondary N) is 2. The van der Waals surface area contributed by atoms with Crippen molar-refractivity contribution in [3.05, 3.63) is 42.2 Å². The molecule has 3 aromatic rings. The summed E-state index contributed by atoms with van der Waals surface area (Å²) in [4.78, 5) is 20.8. The number of hydrogen-bond donors (Lipinski definition) is 3. The number of hydrogen-bond acceptors (Lipinski definition) is 9. The Bertz CT molecular complexity index is 1100. The van der Waals surface area contributed by atoms with Crippen LogP contribution in [0, 0.1) is 0 Å². The Labute approximate surface area is 210 Å². The van der Waals surface area contributed by atoms with Gasteiger partial charge in [-0.05, 0) is 45.6 Å². The van der Waals surface area contributed by atoms with E-state index in [0.29, 0.717) is 53.9 Å². The van der Waals surface area contributed by atoms with E-state index >= 15 is 0 Å². The molecule has 0 amide bonds. The molecule has 1 aliphatic rings. The van der Waals surface area contributed by atoms with Crippen molar-refractivity contribution in [3.8, 4) is 0 Å². The molecule has 0 radical (unpaired) electrons. The fraction of sp³-hybridized carbons (Fsp3) is 0.520. The smallest absolute Gasteiger partial charge is 0.225 e. The number of aliphatic hydroxyl groups is 1. The first-order valence-corrected chi connectivity index (χ1v) is 13.7. The second kappa shape index (κ2) is 11.4. The quantitative estimate of drug-likeness (QED) is 0.362. The molecular formula is C25H35N7O2S. The first-order valence-electron chi connectivity index (χ1n) is 12.2. The molecule has 3 N–H and O–H groups in total. The average molecular weight is 498 g/mol. The number of rotatable bonds is 10. The zero-order chi connectivity index (χ0) is 24.8. The number of anilines is 3. The molecule has 0 saturated carbocycles. The van der Waals surface area contributed by atoms with Crippen LogP contribution in [0.25, 0.3) is 11.0 Å². The van der Waals surface area contributed by atoms with Gasteiger partial charge in [-0.25, -0.2) is 15.0 Å². The van der Waals surface area contributed by atoms with Crippen molar-refractivity contribution in [1.82, 2.24) is 19.9 Å². The Balaban J connectivity index is 1.61. The maximum Gasteiger partial charge on any atom is 0.225 e. The Morgan fingerprint density at radius 3 is 2.57 bits per heavy atom. The SMILES string of the molecule is CC(CCCC(C)(C)O)Nc1nc(N2CC[S+]([O-])CC2)c2ncnc(NCc3ccccc3)c2n1. The van der Waals surface area contributed by atoms with Gasteiger partial charge in [0.25, 0.3) is 0 Å². The molecule has 0 spiro atoms. The minimum Gasteiger partial charge on any atom is -0.616 e. The molecule has 10 heteroatoms. The van der Waals surface area contributed by atoms with Gasteiger partial charge in [0.05, 0.1) is 18.7 Å². The molecule has 188 valence electrons. The Morgan fingerprint density at radius 1 is 1.11 bits per heavy atom. The zero-order valence-corrected chi connectivity index (χ0v) is 21.5. The second-order valence-electron chi connectivity index (χ2n) is 9.71. The topological polar surface area (TPSA) is 122 Å². The standard InChI is InChI=1S/C25H35N7O2S/c1-18(8-7-11-25(2,3)33)29-24-30-20-21(23(31-24)32-12-14-35(34)15-13-32)27-17-28-22(20)26-16-19-9-5-4-6-10-19/h4-6,9-10,17-18,33H,7-8,11-16H2,1-3H3,(H,26,27,28)(H,29,30,31). The van der Waals surface area contributed by atoms with Crippen LogP contribution in [0.3, 0.4) is 0 Å². The molecule has 35 heavy (non-hydrogen) atoms. The molecule has 1 atom stereocenters.